The summed E-state index contributed by atoms with van der Waals surface area (Å²) in [4.78, 5) is 46.6. The summed E-state index contributed by atoms with van der Waals surface area (Å²) in [5, 5.41) is 26.1. The van der Waals surface area contributed by atoms with E-state index in [1.165, 1.54) is 47.4 Å². The van der Waals surface area contributed by atoms with Gasteiger partial charge in [-0.3, -0.25) is 19.7 Å². The van der Waals surface area contributed by atoms with E-state index in [1.54, 1.807) is 12.1 Å². The topological polar surface area (TPSA) is 171 Å². The first-order chi connectivity index (χ1) is 14.9. The number of carbonyl (C=O) groups excluding carboxylic acids is 3. The second-order valence-electron chi connectivity index (χ2n) is 6.03. The Bertz CT molecular complexity index is 1100. The second kappa shape index (κ2) is 9.69. The highest BCUT2D eigenvalue weighted by atomic mass is 16.6. The van der Waals surface area contributed by atoms with Crippen LogP contribution in [0, 0.1) is 10.1 Å². The fraction of sp³-hybridized carbons (Fsp3) is 0.111. The van der Waals surface area contributed by atoms with Crippen molar-refractivity contribution in [3.63, 3.8) is 0 Å². The van der Waals surface area contributed by atoms with Crippen LogP contribution in [0.4, 0.5) is 17.1 Å². The monoisotopic (exact) mass is 425 g/mol. The van der Waals surface area contributed by atoms with Crippen molar-refractivity contribution in [2.24, 2.45) is 0 Å². The van der Waals surface area contributed by atoms with Gasteiger partial charge in [-0.25, -0.2) is 9.48 Å². The highest BCUT2D eigenvalue weighted by Crippen LogP contribution is 2.17. The van der Waals surface area contributed by atoms with Gasteiger partial charge in [-0.2, -0.15) is 0 Å². The van der Waals surface area contributed by atoms with Gasteiger partial charge in [-0.15, -0.1) is 5.10 Å². The van der Waals surface area contributed by atoms with E-state index in [4.69, 9.17) is 4.74 Å². The number of ether oxygens (including phenoxy) is 1. The molecule has 3 aromatic rings. The summed E-state index contributed by atoms with van der Waals surface area (Å²) >= 11 is 0. The van der Waals surface area contributed by atoms with E-state index < -0.39 is 29.3 Å². The van der Waals surface area contributed by atoms with Crippen molar-refractivity contribution < 1.29 is 24.0 Å². The molecular weight excluding hydrogens is 410 g/mol. The molecule has 0 fully saturated rings. The highest BCUT2D eigenvalue weighted by molar-refractivity contribution is 6.02. The van der Waals surface area contributed by atoms with Gasteiger partial charge >= 0.3 is 5.97 Å². The van der Waals surface area contributed by atoms with Crippen LogP contribution in [-0.4, -0.2) is 49.5 Å². The number of hydrogen-bond donors (Lipinski definition) is 2. The molecule has 13 nitrogen and oxygen atoms in total. The number of rotatable bonds is 8. The summed E-state index contributed by atoms with van der Waals surface area (Å²) in [6.07, 6.45) is 1.27. The Morgan fingerprint density at radius 2 is 1.77 bits per heavy atom. The molecule has 0 saturated heterocycles. The molecule has 0 saturated carbocycles. The summed E-state index contributed by atoms with van der Waals surface area (Å²) in [5.41, 5.74) is 0.433. The zero-order valence-electron chi connectivity index (χ0n) is 15.8. The molecule has 0 atom stereocenters. The summed E-state index contributed by atoms with van der Waals surface area (Å²) in [6, 6.07) is 11.3. The molecule has 31 heavy (non-hydrogen) atoms. The van der Waals surface area contributed by atoms with Gasteiger partial charge in [0.2, 0.25) is 5.91 Å². The lowest BCUT2D eigenvalue weighted by molar-refractivity contribution is -0.384. The average Bonchev–Trinajstić information content (AvgIpc) is 3.25. The fourth-order valence-electron chi connectivity index (χ4n) is 2.43. The fourth-order valence-corrected chi connectivity index (χ4v) is 2.43. The molecule has 0 bridgehead atoms. The molecular formula is C18H15N7O6. The van der Waals surface area contributed by atoms with Crippen molar-refractivity contribution in [3.8, 4) is 0 Å². The molecule has 1 heterocycles. The standard InChI is InChI=1S/C18H15N7O6/c26-16(9-24-11-19-22-23-24)21-15-4-2-1-3-14(15)18(28)31-10-17(27)20-12-5-7-13(8-6-12)25(29)30/h1-8,11H,9-10H2,(H,20,27)(H,21,26). The number of nitrogens with one attached hydrogen (secondary N) is 2. The predicted octanol–water partition coefficient (Wildman–Crippen LogP) is 1.02. The Hall–Kier alpha value is -4.68. The number of benzene rings is 2. The minimum Gasteiger partial charge on any atom is -0.452 e. The predicted molar refractivity (Wildman–Crippen MR) is 105 cm³/mol. The van der Waals surface area contributed by atoms with Crippen LogP contribution in [-0.2, 0) is 20.9 Å². The first kappa shape index (κ1) is 21.0. The van der Waals surface area contributed by atoms with Crippen LogP contribution >= 0.6 is 0 Å². The van der Waals surface area contributed by atoms with Gasteiger partial charge in [0.05, 0.1) is 16.2 Å². The van der Waals surface area contributed by atoms with Gasteiger partial charge in [0.1, 0.15) is 12.9 Å². The molecule has 0 aliphatic rings. The third kappa shape index (κ3) is 5.90. The van der Waals surface area contributed by atoms with E-state index in [9.17, 15) is 24.5 Å². The number of amides is 2. The number of aromatic nitrogens is 4. The van der Waals surface area contributed by atoms with E-state index in [2.05, 4.69) is 26.2 Å². The highest BCUT2D eigenvalue weighted by Gasteiger charge is 2.16. The summed E-state index contributed by atoms with van der Waals surface area (Å²) in [5.74, 6) is -1.93. The van der Waals surface area contributed by atoms with Gasteiger partial charge in [0, 0.05) is 17.8 Å². The van der Waals surface area contributed by atoms with Crippen molar-refractivity contribution in [1.82, 2.24) is 20.2 Å². The molecule has 13 heteroatoms. The molecule has 0 unspecified atom stereocenters. The van der Waals surface area contributed by atoms with Crippen molar-refractivity contribution in [2.45, 2.75) is 6.54 Å². The minimum absolute atomic E-state index is 0.0516. The van der Waals surface area contributed by atoms with Crippen LogP contribution in [0.15, 0.2) is 54.9 Å². The average molecular weight is 425 g/mol. The smallest absolute Gasteiger partial charge is 0.340 e. The zero-order chi connectivity index (χ0) is 22.2. The Kier molecular flexibility index (Phi) is 6.57. The number of esters is 1. The van der Waals surface area contributed by atoms with E-state index in [1.807, 2.05) is 0 Å². The van der Waals surface area contributed by atoms with Crippen molar-refractivity contribution in [2.75, 3.05) is 17.2 Å². The number of non-ortho nitro benzene ring substituents is 1. The van der Waals surface area contributed by atoms with Crippen molar-refractivity contribution in [1.29, 1.82) is 0 Å². The molecule has 0 aliphatic heterocycles. The number of anilines is 2. The summed E-state index contributed by atoms with van der Waals surface area (Å²) < 4.78 is 6.21. The first-order valence-corrected chi connectivity index (χ1v) is 8.73. The second-order valence-corrected chi connectivity index (χ2v) is 6.03. The SMILES string of the molecule is O=C(COC(=O)c1ccccc1NC(=O)Cn1cnnn1)Nc1ccc([N+](=O)[O-])cc1. The maximum atomic E-state index is 12.4. The Morgan fingerprint density at radius 1 is 1.03 bits per heavy atom. The van der Waals surface area contributed by atoms with Crippen LogP contribution in [0.5, 0.6) is 0 Å². The number of nitro benzene ring substituents is 1. The van der Waals surface area contributed by atoms with Crippen LogP contribution in [0.3, 0.4) is 0 Å². The number of para-hydroxylation sites is 1. The molecule has 3 rings (SSSR count). The number of hydrogen-bond acceptors (Lipinski definition) is 9. The van der Waals surface area contributed by atoms with Crippen LogP contribution < -0.4 is 10.6 Å². The molecule has 1 aromatic heterocycles. The van der Waals surface area contributed by atoms with E-state index in [0.717, 1.165) is 0 Å². The van der Waals surface area contributed by atoms with Crippen molar-refractivity contribution >= 4 is 34.8 Å². The number of carbonyl (C=O) groups is 3. The van der Waals surface area contributed by atoms with E-state index >= 15 is 0 Å². The van der Waals surface area contributed by atoms with Crippen LogP contribution in [0.25, 0.3) is 0 Å². The Balaban J connectivity index is 1.55. The number of nitrogens with zero attached hydrogens (tertiary/aromatic N) is 5. The van der Waals surface area contributed by atoms with E-state index in [0.29, 0.717) is 5.69 Å². The quantitative estimate of drug-likeness (QED) is 0.303. The lowest BCUT2D eigenvalue weighted by atomic mass is 10.2. The zero-order valence-corrected chi connectivity index (χ0v) is 15.8. The van der Waals surface area contributed by atoms with Crippen LogP contribution in [0.2, 0.25) is 0 Å². The lowest BCUT2D eigenvalue weighted by Crippen LogP contribution is -2.23. The molecule has 2 amide bonds. The van der Waals surface area contributed by atoms with Gasteiger partial charge in [-0.05, 0) is 34.7 Å². The normalized spacial score (nSPS) is 10.2. The van der Waals surface area contributed by atoms with Gasteiger partial charge in [0.15, 0.2) is 6.61 Å². The molecule has 0 aliphatic carbocycles. The Labute approximate surface area is 174 Å². The number of nitro groups is 1. The maximum absolute atomic E-state index is 12.4. The van der Waals surface area contributed by atoms with Gasteiger partial charge in [-0.1, -0.05) is 12.1 Å². The maximum Gasteiger partial charge on any atom is 0.340 e. The summed E-state index contributed by atoms with van der Waals surface area (Å²) in [6.45, 7) is -0.753. The van der Waals surface area contributed by atoms with Crippen LogP contribution in [0.1, 0.15) is 10.4 Å². The van der Waals surface area contributed by atoms with E-state index in [-0.39, 0.29) is 23.5 Å². The minimum atomic E-state index is -0.822. The lowest BCUT2D eigenvalue weighted by Gasteiger charge is -2.11. The van der Waals surface area contributed by atoms with Crippen molar-refractivity contribution in [3.05, 3.63) is 70.5 Å². The third-order valence-electron chi connectivity index (χ3n) is 3.81. The largest absolute Gasteiger partial charge is 0.452 e. The number of tetrazole rings is 1. The molecule has 2 aromatic carbocycles. The molecule has 0 radical (unpaired) electrons. The first-order valence-electron chi connectivity index (χ1n) is 8.73. The molecule has 0 spiro atoms. The molecule has 158 valence electrons. The Morgan fingerprint density at radius 3 is 2.45 bits per heavy atom. The van der Waals surface area contributed by atoms with Gasteiger partial charge < -0.3 is 15.4 Å². The molecule has 2 N–H and O–H groups in total. The van der Waals surface area contributed by atoms with Gasteiger partial charge in [0.25, 0.3) is 11.6 Å². The summed E-state index contributed by atoms with van der Waals surface area (Å²) in [7, 11) is 0. The third-order valence-corrected chi connectivity index (χ3v) is 3.81.